The molecule has 1 fully saturated rings. The van der Waals surface area contributed by atoms with Crippen molar-refractivity contribution in [2.45, 2.75) is 31.9 Å². The molecule has 1 aliphatic rings. The van der Waals surface area contributed by atoms with Gasteiger partial charge in [0.15, 0.2) is 0 Å². The zero-order valence-corrected chi connectivity index (χ0v) is 11.9. The van der Waals surface area contributed by atoms with E-state index in [0.29, 0.717) is 16.8 Å². The lowest BCUT2D eigenvalue weighted by Crippen LogP contribution is -2.31. The van der Waals surface area contributed by atoms with Gasteiger partial charge in [0.25, 0.3) is 6.43 Å². The van der Waals surface area contributed by atoms with Crippen LogP contribution in [0.3, 0.4) is 0 Å². The third-order valence-electron chi connectivity index (χ3n) is 3.25. The monoisotopic (exact) mass is 304 g/mol. The molecule has 2 N–H and O–H groups in total. The van der Waals surface area contributed by atoms with Crippen LogP contribution in [0.1, 0.15) is 18.4 Å². The Morgan fingerprint density at radius 2 is 2.15 bits per heavy atom. The standard InChI is InChI=1S/C14H19ClF2N2O/c15-12-7-10(8-18-11-2-3-11)1-4-13(12)19(5-6-20)9-14(16)17/h1,4,7,11,14,18,20H,2-3,5-6,8-9H2. The van der Waals surface area contributed by atoms with Crippen LogP contribution in [0, 0.1) is 0 Å². The Hall–Kier alpha value is -0.910. The number of halogens is 3. The van der Waals surface area contributed by atoms with Crippen molar-refractivity contribution >= 4 is 17.3 Å². The highest BCUT2D eigenvalue weighted by Gasteiger charge is 2.20. The lowest BCUT2D eigenvalue weighted by atomic mass is 10.2. The van der Waals surface area contributed by atoms with Gasteiger partial charge in [-0.3, -0.25) is 0 Å². The largest absolute Gasteiger partial charge is 0.395 e. The number of benzene rings is 1. The Balaban J connectivity index is 2.04. The molecule has 0 saturated heterocycles. The summed E-state index contributed by atoms with van der Waals surface area (Å²) < 4.78 is 25.1. The average Bonchev–Trinajstić information content (AvgIpc) is 3.19. The zero-order chi connectivity index (χ0) is 14.5. The summed E-state index contributed by atoms with van der Waals surface area (Å²) in [6.07, 6.45) is -0.0385. The Bertz CT molecular complexity index is 441. The van der Waals surface area contributed by atoms with Crippen molar-refractivity contribution in [1.29, 1.82) is 0 Å². The molecule has 0 bridgehead atoms. The predicted octanol–water partition coefficient (Wildman–Crippen LogP) is 2.66. The number of aliphatic hydroxyl groups is 1. The zero-order valence-electron chi connectivity index (χ0n) is 11.2. The molecule has 1 aromatic rings. The minimum atomic E-state index is -2.46. The Morgan fingerprint density at radius 1 is 1.40 bits per heavy atom. The van der Waals surface area contributed by atoms with Crippen molar-refractivity contribution in [3.8, 4) is 0 Å². The average molecular weight is 305 g/mol. The summed E-state index contributed by atoms with van der Waals surface area (Å²) in [7, 11) is 0. The normalized spacial score (nSPS) is 14.8. The van der Waals surface area contributed by atoms with Crippen LogP contribution in [0.2, 0.25) is 5.02 Å². The second kappa shape index (κ2) is 7.20. The topological polar surface area (TPSA) is 35.5 Å². The van der Waals surface area contributed by atoms with Gasteiger partial charge >= 0.3 is 0 Å². The lowest BCUT2D eigenvalue weighted by molar-refractivity contribution is 0.153. The maximum absolute atomic E-state index is 12.5. The van der Waals surface area contributed by atoms with Crippen LogP contribution in [-0.2, 0) is 6.54 Å². The molecule has 1 aromatic carbocycles. The molecule has 0 heterocycles. The first-order valence-electron chi connectivity index (χ1n) is 6.76. The molecule has 0 amide bonds. The molecule has 1 aliphatic carbocycles. The van der Waals surface area contributed by atoms with Crippen LogP contribution in [-0.4, -0.2) is 37.3 Å². The minimum absolute atomic E-state index is 0.143. The molecule has 0 unspecified atom stereocenters. The number of hydrogen-bond acceptors (Lipinski definition) is 3. The fourth-order valence-electron chi connectivity index (χ4n) is 2.06. The molecule has 112 valence electrons. The molecule has 0 radical (unpaired) electrons. The van der Waals surface area contributed by atoms with E-state index in [9.17, 15) is 8.78 Å². The summed E-state index contributed by atoms with van der Waals surface area (Å²) in [4.78, 5) is 1.41. The van der Waals surface area contributed by atoms with Crippen LogP contribution < -0.4 is 10.2 Å². The number of rotatable bonds is 8. The molecule has 1 saturated carbocycles. The molecular formula is C14H19ClF2N2O. The van der Waals surface area contributed by atoms with E-state index in [-0.39, 0.29) is 13.2 Å². The van der Waals surface area contributed by atoms with Gasteiger partial charge in [-0.2, -0.15) is 0 Å². The van der Waals surface area contributed by atoms with Crippen LogP contribution in [0.4, 0.5) is 14.5 Å². The molecule has 0 aromatic heterocycles. The van der Waals surface area contributed by atoms with Crippen LogP contribution in [0.5, 0.6) is 0 Å². The Kier molecular flexibility index (Phi) is 5.57. The molecule has 6 heteroatoms. The molecule has 0 spiro atoms. The van der Waals surface area contributed by atoms with Gasteiger partial charge in [0.05, 0.1) is 23.9 Å². The SMILES string of the molecule is OCCN(CC(F)F)c1ccc(CNC2CC2)cc1Cl. The van der Waals surface area contributed by atoms with Crippen molar-refractivity contribution in [3.05, 3.63) is 28.8 Å². The number of nitrogens with one attached hydrogen (secondary N) is 1. The van der Waals surface area contributed by atoms with E-state index < -0.39 is 13.0 Å². The van der Waals surface area contributed by atoms with E-state index in [4.69, 9.17) is 16.7 Å². The Labute approximate surface area is 122 Å². The predicted molar refractivity (Wildman–Crippen MR) is 76.6 cm³/mol. The van der Waals surface area contributed by atoms with Gasteiger partial charge in [0.1, 0.15) is 0 Å². The number of hydrogen-bond donors (Lipinski definition) is 2. The van der Waals surface area contributed by atoms with E-state index in [1.807, 2.05) is 6.07 Å². The van der Waals surface area contributed by atoms with Crippen molar-refractivity contribution in [3.63, 3.8) is 0 Å². The summed E-state index contributed by atoms with van der Waals surface area (Å²) in [5.74, 6) is 0. The molecule has 3 nitrogen and oxygen atoms in total. The van der Waals surface area contributed by atoms with E-state index in [1.165, 1.54) is 17.7 Å². The van der Waals surface area contributed by atoms with E-state index in [1.54, 1.807) is 12.1 Å². The highest BCUT2D eigenvalue weighted by molar-refractivity contribution is 6.33. The second-order valence-electron chi connectivity index (χ2n) is 5.00. The van der Waals surface area contributed by atoms with Gasteiger partial charge in [-0.1, -0.05) is 17.7 Å². The summed E-state index contributed by atoms with van der Waals surface area (Å²) in [6.45, 7) is 0.261. The maximum Gasteiger partial charge on any atom is 0.255 e. The first kappa shape index (κ1) is 15.5. The van der Waals surface area contributed by atoms with E-state index in [0.717, 1.165) is 12.1 Å². The van der Waals surface area contributed by atoms with Crippen LogP contribution in [0.15, 0.2) is 18.2 Å². The van der Waals surface area contributed by atoms with Gasteiger partial charge in [-0.25, -0.2) is 8.78 Å². The maximum atomic E-state index is 12.5. The van der Waals surface area contributed by atoms with Crippen molar-refractivity contribution in [2.75, 3.05) is 24.6 Å². The number of nitrogens with zero attached hydrogens (tertiary/aromatic N) is 1. The van der Waals surface area contributed by atoms with Gasteiger partial charge in [0.2, 0.25) is 0 Å². The molecule has 2 rings (SSSR count). The highest BCUT2D eigenvalue weighted by Crippen LogP contribution is 2.28. The molecule has 20 heavy (non-hydrogen) atoms. The molecule has 0 aliphatic heterocycles. The number of aliphatic hydroxyl groups excluding tert-OH is 1. The van der Waals surface area contributed by atoms with Crippen LogP contribution in [0.25, 0.3) is 0 Å². The van der Waals surface area contributed by atoms with Crippen LogP contribution >= 0.6 is 11.6 Å². The highest BCUT2D eigenvalue weighted by atomic mass is 35.5. The van der Waals surface area contributed by atoms with Gasteiger partial charge in [0, 0.05) is 19.1 Å². The number of anilines is 1. The van der Waals surface area contributed by atoms with E-state index >= 15 is 0 Å². The fraction of sp³-hybridized carbons (Fsp3) is 0.571. The van der Waals surface area contributed by atoms with Crippen molar-refractivity contribution in [2.24, 2.45) is 0 Å². The van der Waals surface area contributed by atoms with Gasteiger partial charge in [-0.05, 0) is 30.5 Å². The van der Waals surface area contributed by atoms with Crippen molar-refractivity contribution in [1.82, 2.24) is 5.32 Å². The van der Waals surface area contributed by atoms with Gasteiger partial charge in [-0.15, -0.1) is 0 Å². The lowest BCUT2D eigenvalue weighted by Gasteiger charge is -2.25. The molecule has 0 atom stereocenters. The van der Waals surface area contributed by atoms with E-state index in [2.05, 4.69) is 5.32 Å². The third kappa shape index (κ3) is 4.58. The Morgan fingerprint density at radius 3 is 2.70 bits per heavy atom. The third-order valence-corrected chi connectivity index (χ3v) is 3.56. The van der Waals surface area contributed by atoms with Gasteiger partial charge < -0.3 is 15.3 Å². The van der Waals surface area contributed by atoms with Crippen molar-refractivity contribution < 1.29 is 13.9 Å². The summed E-state index contributed by atoms with van der Waals surface area (Å²) >= 11 is 6.18. The number of alkyl halides is 2. The smallest absolute Gasteiger partial charge is 0.255 e. The first-order valence-corrected chi connectivity index (χ1v) is 7.13. The first-order chi connectivity index (χ1) is 9.60. The second-order valence-corrected chi connectivity index (χ2v) is 5.41. The minimum Gasteiger partial charge on any atom is -0.395 e. The fourth-order valence-corrected chi connectivity index (χ4v) is 2.39. The summed E-state index contributed by atoms with van der Waals surface area (Å²) in [6, 6.07) is 6.02. The quantitative estimate of drug-likeness (QED) is 0.775. The summed E-state index contributed by atoms with van der Waals surface area (Å²) in [5.41, 5.74) is 1.57. The summed E-state index contributed by atoms with van der Waals surface area (Å²) in [5, 5.41) is 12.8. The molecular weight excluding hydrogens is 286 g/mol.